The first-order valence-corrected chi connectivity index (χ1v) is 21.3. The van der Waals surface area contributed by atoms with Gasteiger partial charge in [-0.2, -0.15) is 12.3 Å². The number of hydrogen-bond donors (Lipinski definition) is 0. The van der Waals surface area contributed by atoms with Gasteiger partial charge in [-0.25, -0.2) is 10.2 Å². The molecule has 0 aliphatic heterocycles. The molecule has 0 aliphatic carbocycles. The van der Waals surface area contributed by atoms with Crippen LogP contribution in [0.15, 0.2) is 231 Å². The number of nitrogens with one attached hydrogen (secondary N) is 1. The summed E-state index contributed by atoms with van der Waals surface area (Å²) in [6, 6.07) is 70.2. The Hall–Kier alpha value is -5.69. The monoisotopic (exact) mass is 1020 g/mol. The summed E-state index contributed by atoms with van der Waals surface area (Å²) in [6.07, 6.45) is 12.1. The van der Waals surface area contributed by atoms with E-state index in [9.17, 15) is 17.3 Å². The van der Waals surface area contributed by atoms with Gasteiger partial charge in [0, 0.05) is 38.7 Å². The van der Waals surface area contributed by atoms with Crippen molar-refractivity contribution in [1.29, 1.82) is 0 Å². The molecule has 0 spiro atoms. The maximum atomic E-state index is 9.75. The van der Waals surface area contributed by atoms with Gasteiger partial charge < -0.3 is 31.0 Å². The summed E-state index contributed by atoms with van der Waals surface area (Å²) in [7, 11) is -7.09. The minimum absolute atomic E-state index is 0. The predicted octanol–water partition coefficient (Wildman–Crippen LogP) is 7.61. The number of rotatable bonds is 9. The van der Waals surface area contributed by atoms with Gasteiger partial charge in [-0.05, 0) is 72.2 Å². The summed E-state index contributed by atoms with van der Waals surface area (Å²) in [5.74, 6) is 0. The number of H-pyrrole nitrogens is 1. The molecule has 9 aromatic rings. The quantitative estimate of drug-likeness (QED) is 0.0648. The summed E-state index contributed by atoms with van der Waals surface area (Å²) >= 11 is 0. The molecule has 0 bridgehead atoms. The molecule has 0 fully saturated rings. The molecule has 60 heavy (non-hydrogen) atoms. The number of hydrogen-bond acceptors (Lipinski definition) is 2. The van der Waals surface area contributed by atoms with Crippen LogP contribution in [0.4, 0.5) is 17.3 Å². The number of halogens is 4. The number of aromatic nitrogens is 6. The zero-order valence-electron chi connectivity index (χ0n) is 32.1. The van der Waals surface area contributed by atoms with Crippen molar-refractivity contribution in [3.63, 3.8) is 0 Å². The van der Waals surface area contributed by atoms with E-state index >= 15 is 0 Å². The predicted molar refractivity (Wildman–Crippen MR) is 237 cm³/mol. The van der Waals surface area contributed by atoms with Crippen LogP contribution >= 0.6 is 15.8 Å². The normalized spacial score (nSPS) is 10.7. The second-order valence-corrected chi connectivity index (χ2v) is 16.9. The summed E-state index contributed by atoms with van der Waals surface area (Å²) in [5, 5.41) is 19.9. The van der Waals surface area contributed by atoms with Crippen molar-refractivity contribution in [3.05, 3.63) is 237 Å². The van der Waals surface area contributed by atoms with Crippen LogP contribution in [-0.2, 0) is 20.1 Å². The Morgan fingerprint density at radius 2 is 0.717 bits per heavy atom. The van der Waals surface area contributed by atoms with Crippen LogP contribution in [0.2, 0.25) is 0 Å². The van der Waals surface area contributed by atoms with Crippen LogP contribution in [0, 0.1) is 6.20 Å². The van der Waals surface area contributed by atoms with Gasteiger partial charge in [0.05, 0.1) is 0 Å². The van der Waals surface area contributed by atoms with Gasteiger partial charge >= 0.3 is 7.25 Å². The Morgan fingerprint density at radius 1 is 0.450 bits per heavy atom. The molecular weight excluding hydrogens is 976 g/mol. The van der Waals surface area contributed by atoms with Crippen molar-refractivity contribution in [1.82, 2.24) is 24.0 Å². The maximum Gasteiger partial charge on any atom is 0.673 e. The van der Waals surface area contributed by atoms with Crippen LogP contribution in [0.5, 0.6) is 0 Å². The average molecular weight is 1020 g/mol. The van der Waals surface area contributed by atoms with E-state index in [1.807, 2.05) is 24.5 Å². The van der Waals surface area contributed by atoms with Gasteiger partial charge in [0.2, 0.25) is 0 Å². The first-order chi connectivity index (χ1) is 28.8. The SMILES string of the molecule is F[B-](F)(F)F.[Ir].[c-]1cc[nH+]n1[B-](n1cccn1)n1cccn1.c1ccc(P(c2ccccc2)c2ccccc2)cc1.c1ccc(P(c2ccccc2)c2ccccc2)cc1. The molecule has 0 unspecified atom stereocenters. The van der Waals surface area contributed by atoms with Gasteiger partial charge in [-0.15, -0.1) is 0 Å². The Labute approximate surface area is 364 Å². The fourth-order valence-corrected chi connectivity index (χ4v) is 10.6. The van der Waals surface area contributed by atoms with Crippen LogP contribution in [0.25, 0.3) is 0 Å². The molecule has 3 heterocycles. The Bertz CT molecular complexity index is 2050. The van der Waals surface area contributed by atoms with E-state index in [4.69, 9.17) is 0 Å². The molecular formula is C45H39B2F4IrN6P2-2. The molecule has 0 amide bonds. The van der Waals surface area contributed by atoms with Crippen molar-refractivity contribution in [2.75, 3.05) is 0 Å². The molecule has 2 radical (unpaired) electrons. The summed E-state index contributed by atoms with van der Waals surface area (Å²) in [4.78, 5) is 0. The largest absolute Gasteiger partial charge is 0.673 e. The van der Waals surface area contributed by atoms with E-state index < -0.39 is 23.1 Å². The molecule has 1 N–H and O–H groups in total. The molecule has 6 nitrogen and oxygen atoms in total. The molecule has 6 aromatic carbocycles. The third-order valence-electron chi connectivity index (χ3n) is 8.35. The summed E-state index contributed by atoms with van der Waals surface area (Å²) in [6.45, 7) is 0. The van der Waals surface area contributed by atoms with Crippen LogP contribution in [0.3, 0.4) is 0 Å². The van der Waals surface area contributed by atoms with E-state index in [-0.39, 0.29) is 27.2 Å². The van der Waals surface area contributed by atoms with Crippen molar-refractivity contribution < 1.29 is 42.5 Å². The fourth-order valence-electron chi connectivity index (χ4n) is 5.95. The molecule has 0 saturated heterocycles. The molecule has 0 aliphatic rings. The Kier molecular flexibility index (Phi) is 18.0. The van der Waals surface area contributed by atoms with Crippen LogP contribution in [-0.4, -0.2) is 38.3 Å². The van der Waals surface area contributed by atoms with E-state index in [1.165, 1.54) is 31.8 Å². The van der Waals surface area contributed by atoms with Gasteiger partial charge in [-0.1, -0.05) is 182 Å². The van der Waals surface area contributed by atoms with Gasteiger partial charge in [-0.3, -0.25) is 5.10 Å². The molecule has 304 valence electrons. The van der Waals surface area contributed by atoms with Gasteiger partial charge in [0.1, 0.15) is 0 Å². The average Bonchev–Trinajstić information content (AvgIpc) is 4.11. The summed E-state index contributed by atoms with van der Waals surface area (Å²) in [5.41, 5.74) is 0. The van der Waals surface area contributed by atoms with E-state index in [0.29, 0.717) is 0 Å². The Balaban J connectivity index is 0.000000161. The van der Waals surface area contributed by atoms with Crippen molar-refractivity contribution in [3.8, 4) is 0 Å². The molecule has 9 rings (SSSR count). The first-order valence-electron chi connectivity index (χ1n) is 18.6. The Morgan fingerprint density at radius 3 is 0.917 bits per heavy atom. The van der Waals surface area contributed by atoms with E-state index in [0.717, 1.165) is 0 Å². The third kappa shape index (κ3) is 14.0. The van der Waals surface area contributed by atoms with E-state index in [2.05, 4.69) is 203 Å². The minimum atomic E-state index is -6.00. The minimum Gasteiger partial charge on any atom is -0.423 e. The first kappa shape index (κ1) is 45.4. The smallest absolute Gasteiger partial charge is 0.423 e. The summed E-state index contributed by atoms with van der Waals surface area (Å²) < 4.78 is 44.4. The van der Waals surface area contributed by atoms with Gasteiger partial charge in [0.15, 0.2) is 0 Å². The van der Waals surface area contributed by atoms with Crippen molar-refractivity contribution >= 4 is 62.0 Å². The van der Waals surface area contributed by atoms with Crippen molar-refractivity contribution in [2.24, 2.45) is 0 Å². The van der Waals surface area contributed by atoms with Crippen LogP contribution < -0.4 is 36.9 Å². The van der Waals surface area contributed by atoms with Gasteiger partial charge in [0.25, 0.3) is 7.12 Å². The molecule has 3 aromatic heterocycles. The third-order valence-corrected chi connectivity index (χ3v) is 13.2. The second kappa shape index (κ2) is 23.8. The molecule has 15 heteroatoms. The zero-order valence-corrected chi connectivity index (χ0v) is 36.3. The van der Waals surface area contributed by atoms with Crippen molar-refractivity contribution in [2.45, 2.75) is 0 Å². The molecule has 0 saturated carbocycles. The molecule has 0 atom stereocenters. The number of nitrogens with zero attached hydrogens (tertiary/aromatic N) is 5. The fraction of sp³-hybridized carbons (Fsp3) is 0. The number of benzene rings is 6. The zero-order chi connectivity index (χ0) is 41.1. The van der Waals surface area contributed by atoms with E-state index in [1.54, 1.807) is 38.4 Å². The second-order valence-electron chi connectivity index (χ2n) is 12.5. The maximum absolute atomic E-state index is 9.75. The number of aromatic amines is 1. The van der Waals surface area contributed by atoms with Crippen LogP contribution in [0.1, 0.15) is 0 Å². The topological polar surface area (TPSA) is 54.7 Å². The standard InChI is InChI=1S/2C18H15P.C9H8BN6.BF4.Ir/c2*1-4-10-16(11-5-1)19(17-12-6-2-7-13-17)18-14-8-3-9-15-18;1-4-11-14(7-1)10(15-8-2-5-12-15)16-9-3-6-13-16;2-1(3,4)5;/h2*1-15H;1-8H;;/q;;-2;-1;/p+1.